The molecule has 0 N–H and O–H groups in total. The summed E-state index contributed by atoms with van der Waals surface area (Å²) in [5, 5.41) is 0. The summed E-state index contributed by atoms with van der Waals surface area (Å²) >= 11 is 0. The van der Waals surface area contributed by atoms with Crippen molar-refractivity contribution in [2.75, 3.05) is 0 Å². The van der Waals surface area contributed by atoms with Crippen LogP contribution in [0.15, 0.2) is 0 Å². The molecule has 0 saturated carbocycles. The van der Waals surface area contributed by atoms with Crippen molar-refractivity contribution in [1.82, 2.24) is 0 Å². The summed E-state index contributed by atoms with van der Waals surface area (Å²) in [6, 6.07) is 0. The van der Waals surface area contributed by atoms with Gasteiger partial charge >= 0.3 is 0 Å². The Kier molecular flexibility index (Phi) is 4.44. The molecule has 0 atom stereocenters. The van der Waals surface area contributed by atoms with Crippen molar-refractivity contribution in [3.8, 4) is 0 Å². The predicted molar refractivity (Wildman–Crippen MR) is 37.1 cm³/mol. The van der Waals surface area contributed by atoms with Crippen LogP contribution in [0, 0.1) is 0 Å². The van der Waals surface area contributed by atoms with Crippen LogP contribution in [0.25, 0.3) is 0 Å². The quantitative estimate of drug-likeness (QED) is 0.342. The van der Waals surface area contributed by atoms with E-state index in [0.29, 0.717) is 0 Å². The molecule has 8 heavy (non-hydrogen) atoms. The molecule has 0 saturated heterocycles. The lowest BCUT2D eigenvalue weighted by Crippen LogP contribution is -2.15. The van der Waals surface area contributed by atoms with E-state index < -0.39 is 18.1 Å². The summed E-state index contributed by atoms with van der Waals surface area (Å²) < 4.78 is 9.90. The Labute approximate surface area is 54.2 Å². The Bertz CT molecular complexity index is 48.0. The van der Waals surface area contributed by atoms with E-state index in [1.165, 1.54) is 0 Å². The van der Waals surface area contributed by atoms with Gasteiger partial charge < -0.3 is 0 Å². The monoisotopic (exact) mass is 148 g/mol. The first-order valence-corrected chi connectivity index (χ1v) is 7.39. The Morgan fingerprint density at radius 3 is 1.12 bits per heavy atom. The normalized spacial score (nSPS) is 11.2. The molecular formula is C4H12O2Si2. The highest BCUT2D eigenvalue weighted by Crippen LogP contribution is 1.88. The first-order chi connectivity index (χ1) is 3.63. The number of rotatable bonds is 3. The van der Waals surface area contributed by atoms with E-state index in [0.717, 1.165) is 0 Å². The molecule has 0 aromatic rings. The van der Waals surface area contributed by atoms with Crippen LogP contribution in [0.5, 0.6) is 0 Å². The third kappa shape index (κ3) is 6.35. The van der Waals surface area contributed by atoms with Crippen LogP contribution in [0.1, 0.15) is 0 Å². The molecule has 48 valence electrons. The maximum atomic E-state index is 4.95. The first-order valence-electron chi connectivity index (χ1n) is 2.57. The van der Waals surface area contributed by atoms with E-state index in [-0.39, 0.29) is 0 Å². The van der Waals surface area contributed by atoms with Crippen molar-refractivity contribution in [3.05, 3.63) is 0 Å². The molecular weight excluding hydrogens is 136 g/mol. The van der Waals surface area contributed by atoms with Crippen molar-refractivity contribution in [2.24, 2.45) is 0 Å². The molecule has 0 amide bonds. The molecule has 0 aliphatic rings. The third-order valence-electron chi connectivity index (χ3n) is 0.375. The molecule has 2 radical (unpaired) electrons. The standard InChI is InChI=1S/C4H12O2Si2/c1-7(2)5-6-8(3)4/h1-4H3. The molecule has 0 bridgehead atoms. The SMILES string of the molecule is C[Si](C)OO[Si](C)C. The number of hydrogen-bond acceptors (Lipinski definition) is 2. The van der Waals surface area contributed by atoms with Gasteiger partial charge in [-0.05, 0) is 26.2 Å². The predicted octanol–water partition coefficient (Wildman–Crippen LogP) is 1.44. The van der Waals surface area contributed by atoms with Crippen LogP contribution in [-0.2, 0) is 9.15 Å². The van der Waals surface area contributed by atoms with Crippen LogP contribution in [-0.4, -0.2) is 18.1 Å². The molecule has 0 spiro atoms. The average Bonchev–Trinajstić information content (AvgIpc) is 1.61. The topological polar surface area (TPSA) is 18.5 Å². The smallest absolute Gasteiger partial charge is 0.253 e. The minimum atomic E-state index is -0.627. The zero-order valence-electron chi connectivity index (χ0n) is 5.82. The second-order valence-corrected chi connectivity index (χ2v) is 5.95. The fourth-order valence-electron chi connectivity index (χ4n) is 0.167. The minimum Gasteiger partial charge on any atom is -0.299 e. The van der Waals surface area contributed by atoms with E-state index in [9.17, 15) is 0 Å². The first kappa shape index (κ1) is 8.35. The summed E-state index contributed by atoms with van der Waals surface area (Å²) in [4.78, 5) is 0. The molecule has 0 aromatic heterocycles. The fraction of sp³-hybridized carbons (Fsp3) is 1.00. The molecule has 0 unspecified atom stereocenters. The Hall–Kier alpha value is 0.354. The summed E-state index contributed by atoms with van der Waals surface area (Å²) in [5.74, 6) is 0. The summed E-state index contributed by atoms with van der Waals surface area (Å²) in [5.41, 5.74) is 0. The van der Waals surface area contributed by atoms with Crippen molar-refractivity contribution in [2.45, 2.75) is 26.2 Å². The van der Waals surface area contributed by atoms with E-state index in [1.54, 1.807) is 0 Å². The molecule has 0 heterocycles. The molecule has 0 fully saturated rings. The zero-order valence-corrected chi connectivity index (χ0v) is 7.82. The van der Waals surface area contributed by atoms with Crippen LogP contribution in [0.2, 0.25) is 26.2 Å². The summed E-state index contributed by atoms with van der Waals surface area (Å²) in [6.45, 7) is 8.20. The van der Waals surface area contributed by atoms with Gasteiger partial charge in [0.15, 0.2) is 0 Å². The van der Waals surface area contributed by atoms with Gasteiger partial charge in [0, 0.05) is 0 Å². The second-order valence-electron chi connectivity index (χ2n) is 1.98. The molecule has 0 aromatic carbocycles. The van der Waals surface area contributed by atoms with Gasteiger partial charge in [-0.1, -0.05) is 0 Å². The molecule has 0 rings (SSSR count). The van der Waals surface area contributed by atoms with Crippen molar-refractivity contribution in [3.63, 3.8) is 0 Å². The van der Waals surface area contributed by atoms with Gasteiger partial charge in [0.05, 0.1) is 0 Å². The van der Waals surface area contributed by atoms with Gasteiger partial charge in [0.25, 0.3) is 18.1 Å². The van der Waals surface area contributed by atoms with Gasteiger partial charge in [-0.15, -0.1) is 0 Å². The highest BCUT2D eigenvalue weighted by atomic mass is 28.3. The van der Waals surface area contributed by atoms with Gasteiger partial charge in [0.1, 0.15) is 0 Å². The maximum absolute atomic E-state index is 4.95. The molecule has 0 aliphatic carbocycles. The van der Waals surface area contributed by atoms with Gasteiger partial charge in [-0.2, -0.15) is 0 Å². The fourth-order valence-corrected chi connectivity index (χ4v) is 1.50. The average molecular weight is 148 g/mol. The Morgan fingerprint density at radius 1 is 0.750 bits per heavy atom. The molecule has 0 aliphatic heterocycles. The summed E-state index contributed by atoms with van der Waals surface area (Å²) in [6.07, 6.45) is 0. The van der Waals surface area contributed by atoms with Gasteiger partial charge in [0.2, 0.25) is 0 Å². The molecule has 2 nitrogen and oxygen atoms in total. The largest absolute Gasteiger partial charge is 0.299 e. The number of hydrogen-bond donors (Lipinski definition) is 0. The lowest BCUT2D eigenvalue weighted by molar-refractivity contribution is -0.109. The Morgan fingerprint density at radius 2 is 1.00 bits per heavy atom. The summed E-state index contributed by atoms with van der Waals surface area (Å²) in [7, 11) is -1.25. The minimum absolute atomic E-state index is 0.627. The lowest BCUT2D eigenvalue weighted by Gasteiger charge is -2.06. The highest BCUT2D eigenvalue weighted by molar-refractivity contribution is 6.51. The van der Waals surface area contributed by atoms with Crippen LogP contribution >= 0.6 is 0 Å². The van der Waals surface area contributed by atoms with Crippen molar-refractivity contribution >= 4 is 18.1 Å². The van der Waals surface area contributed by atoms with E-state index in [2.05, 4.69) is 26.2 Å². The van der Waals surface area contributed by atoms with E-state index in [1.807, 2.05) is 0 Å². The second kappa shape index (κ2) is 4.25. The highest BCUT2D eigenvalue weighted by Gasteiger charge is 2.01. The molecule has 4 heteroatoms. The third-order valence-corrected chi connectivity index (χ3v) is 1.38. The van der Waals surface area contributed by atoms with Crippen LogP contribution in [0.3, 0.4) is 0 Å². The van der Waals surface area contributed by atoms with Crippen LogP contribution < -0.4 is 0 Å². The van der Waals surface area contributed by atoms with Crippen LogP contribution in [0.4, 0.5) is 0 Å². The maximum Gasteiger partial charge on any atom is 0.253 e. The van der Waals surface area contributed by atoms with E-state index >= 15 is 0 Å². The Balaban J connectivity index is 2.93. The van der Waals surface area contributed by atoms with Crippen molar-refractivity contribution < 1.29 is 9.15 Å². The van der Waals surface area contributed by atoms with Gasteiger partial charge in [-0.25, -0.2) is 0 Å². The van der Waals surface area contributed by atoms with E-state index in [4.69, 9.17) is 9.15 Å². The van der Waals surface area contributed by atoms with Crippen molar-refractivity contribution in [1.29, 1.82) is 0 Å². The lowest BCUT2D eigenvalue weighted by atomic mass is 11.9. The van der Waals surface area contributed by atoms with Gasteiger partial charge in [-0.3, -0.25) is 9.15 Å². The zero-order chi connectivity index (χ0) is 6.57.